The first-order chi connectivity index (χ1) is 9.94. The lowest BCUT2D eigenvalue weighted by Crippen LogP contribution is -2.45. The molecule has 0 saturated carbocycles. The molecule has 3 nitrogen and oxygen atoms in total. The van der Waals surface area contributed by atoms with E-state index in [2.05, 4.69) is 12.2 Å². The van der Waals surface area contributed by atoms with Crippen LogP contribution >= 0.6 is 23.2 Å². The largest absolute Gasteiger partial charge is 0.342 e. The molecule has 0 spiro atoms. The zero-order chi connectivity index (χ0) is 16.0. The minimum absolute atomic E-state index is 0.0317. The molecular weight excluding hydrogens is 307 g/mol. The van der Waals surface area contributed by atoms with Crippen LogP contribution in [0.25, 0.3) is 0 Å². The lowest BCUT2D eigenvalue weighted by Gasteiger charge is -2.27. The van der Waals surface area contributed by atoms with Gasteiger partial charge in [-0.1, -0.05) is 36.2 Å². The molecule has 21 heavy (non-hydrogen) atoms. The van der Waals surface area contributed by atoms with Crippen molar-refractivity contribution in [3.63, 3.8) is 0 Å². The van der Waals surface area contributed by atoms with E-state index in [1.807, 2.05) is 37.8 Å². The summed E-state index contributed by atoms with van der Waals surface area (Å²) in [5, 5.41) is 4.62. The van der Waals surface area contributed by atoms with Crippen molar-refractivity contribution < 1.29 is 4.79 Å². The summed E-state index contributed by atoms with van der Waals surface area (Å²) in [5.74, 6) is 0.114. The number of nitrogens with zero attached hydrogens (tertiary/aromatic N) is 1. The van der Waals surface area contributed by atoms with Crippen molar-refractivity contribution in [3.05, 3.63) is 33.8 Å². The van der Waals surface area contributed by atoms with Crippen LogP contribution in [0.3, 0.4) is 0 Å². The van der Waals surface area contributed by atoms with Gasteiger partial charge in [0.05, 0.1) is 6.04 Å². The van der Waals surface area contributed by atoms with Crippen LogP contribution in [0.5, 0.6) is 0 Å². The second-order valence-corrected chi connectivity index (χ2v) is 5.87. The zero-order valence-electron chi connectivity index (χ0n) is 13.1. The van der Waals surface area contributed by atoms with Gasteiger partial charge in [-0.2, -0.15) is 0 Å². The molecular formula is C16H24Cl2N2O. The fourth-order valence-electron chi connectivity index (χ4n) is 2.39. The molecule has 0 heterocycles. The van der Waals surface area contributed by atoms with Gasteiger partial charge in [-0.3, -0.25) is 10.1 Å². The molecule has 5 heteroatoms. The van der Waals surface area contributed by atoms with E-state index in [9.17, 15) is 4.79 Å². The maximum absolute atomic E-state index is 12.3. The van der Waals surface area contributed by atoms with Gasteiger partial charge in [-0.25, -0.2) is 0 Å². The summed E-state index contributed by atoms with van der Waals surface area (Å²) in [6.45, 7) is 9.38. The fourth-order valence-corrected chi connectivity index (χ4v) is 2.93. The number of hydrogen-bond acceptors (Lipinski definition) is 2. The molecule has 1 aromatic carbocycles. The molecule has 0 fully saturated rings. The monoisotopic (exact) mass is 330 g/mol. The topological polar surface area (TPSA) is 32.3 Å². The highest BCUT2D eigenvalue weighted by Crippen LogP contribution is 2.28. The van der Waals surface area contributed by atoms with Gasteiger partial charge in [0.2, 0.25) is 5.91 Å². The summed E-state index contributed by atoms with van der Waals surface area (Å²) in [6.07, 6.45) is 0.844. The summed E-state index contributed by atoms with van der Waals surface area (Å²) < 4.78 is 0. The van der Waals surface area contributed by atoms with Crippen molar-refractivity contribution in [2.45, 2.75) is 46.2 Å². The molecule has 1 amide bonds. The highest BCUT2D eigenvalue weighted by molar-refractivity contribution is 6.35. The minimum Gasteiger partial charge on any atom is -0.342 e. The standard InChI is InChI=1S/C16H24Cl2N2O/c1-5-15(13-9-8-12(17)10-14(13)18)19-11(4)16(21)20(6-2)7-3/h8-11,15,19H,5-7H2,1-4H3. The predicted molar refractivity (Wildman–Crippen MR) is 90.0 cm³/mol. The van der Waals surface area contributed by atoms with Crippen LogP contribution < -0.4 is 5.32 Å². The van der Waals surface area contributed by atoms with E-state index in [0.717, 1.165) is 25.1 Å². The van der Waals surface area contributed by atoms with Crippen LogP contribution in [-0.2, 0) is 4.79 Å². The van der Waals surface area contributed by atoms with Gasteiger partial charge in [-0.15, -0.1) is 0 Å². The second kappa shape index (κ2) is 8.62. The molecule has 0 aliphatic rings. The molecule has 0 aliphatic carbocycles. The highest BCUT2D eigenvalue weighted by atomic mass is 35.5. The Morgan fingerprint density at radius 3 is 2.33 bits per heavy atom. The smallest absolute Gasteiger partial charge is 0.239 e. The van der Waals surface area contributed by atoms with Crippen LogP contribution in [0.1, 0.15) is 45.7 Å². The van der Waals surface area contributed by atoms with Crippen molar-refractivity contribution >= 4 is 29.1 Å². The average molecular weight is 331 g/mol. The van der Waals surface area contributed by atoms with Crippen LogP contribution in [0.4, 0.5) is 0 Å². The first-order valence-electron chi connectivity index (χ1n) is 7.44. The third-order valence-electron chi connectivity index (χ3n) is 3.64. The number of nitrogens with one attached hydrogen (secondary N) is 1. The lowest BCUT2D eigenvalue weighted by atomic mass is 10.0. The lowest BCUT2D eigenvalue weighted by molar-refractivity contribution is -0.132. The quantitative estimate of drug-likeness (QED) is 0.808. The Hall–Kier alpha value is -0.770. The van der Waals surface area contributed by atoms with Crippen LogP contribution in [0, 0.1) is 0 Å². The summed E-state index contributed by atoms with van der Waals surface area (Å²) in [4.78, 5) is 14.2. The van der Waals surface area contributed by atoms with E-state index < -0.39 is 0 Å². The molecule has 2 atom stereocenters. The molecule has 1 N–H and O–H groups in total. The third-order valence-corrected chi connectivity index (χ3v) is 4.21. The van der Waals surface area contributed by atoms with E-state index in [1.165, 1.54) is 0 Å². The number of carbonyl (C=O) groups excluding carboxylic acids is 1. The molecule has 2 unspecified atom stereocenters. The van der Waals surface area contributed by atoms with Crippen molar-refractivity contribution in [3.8, 4) is 0 Å². The minimum atomic E-state index is -0.249. The molecule has 118 valence electrons. The van der Waals surface area contributed by atoms with Gasteiger partial charge in [0.1, 0.15) is 0 Å². The Morgan fingerprint density at radius 1 is 1.24 bits per heavy atom. The predicted octanol–water partition coefficient (Wildman–Crippen LogP) is 4.29. The number of likely N-dealkylation sites (N-methyl/N-ethyl adjacent to an activating group) is 1. The summed E-state index contributed by atoms with van der Waals surface area (Å²) in [7, 11) is 0. The normalized spacial score (nSPS) is 13.8. The number of halogens is 2. The Bertz CT molecular complexity index is 475. The molecule has 0 aromatic heterocycles. The van der Waals surface area contributed by atoms with E-state index in [1.54, 1.807) is 6.07 Å². The van der Waals surface area contributed by atoms with Crippen LogP contribution in [0.15, 0.2) is 18.2 Å². The van der Waals surface area contributed by atoms with Crippen molar-refractivity contribution in [1.82, 2.24) is 10.2 Å². The SMILES string of the molecule is CCC(NC(C)C(=O)N(CC)CC)c1ccc(Cl)cc1Cl. The number of benzene rings is 1. The average Bonchev–Trinajstić information content (AvgIpc) is 2.46. The van der Waals surface area contributed by atoms with Crippen LogP contribution in [-0.4, -0.2) is 29.9 Å². The Morgan fingerprint density at radius 2 is 1.86 bits per heavy atom. The van der Waals surface area contributed by atoms with Gasteiger partial charge in [-0.05, 0) is 44.9 Å². The Kier molecular flexibility index (Phi) is 7.50. The maximum atomic E-state index is 12.3. The summed E-state index contributed by atoms with van der Waals surface area (Å²) >= 11 is 12.2. The van der Waals surface area contributed by atoms with Crippen molar-refractivity contribution in [2.24, 2.45) is 0 Å². The van der Waals surface area contributed by atoms with Crippen molar-refractivity contribution in [2.75, 3.05) is 13.1 Å². The number of carbonyl (C=O) groups is 1. The van der Waals surface area contributed by atoms with Gasteiger partial charge in [0.15, 0.2) is 0 Å². The van der Waals surface area contributed by atoms with Gasteiger partial charge < -0.3 is 4.90 Å². The van der Waals surface area contributed by atoms with E-state index >= 15 is 0 Å². The van der Waals surface area contributed by atoms with E-state index in [0.29, 0.717) is 10.0 Å². The maximum Gasteiger partial charge on any atom is 0.239 e. The first kappa shape index (κ1) is 18.3. The molecule has 0 radical (unpaired) electrons. The molecule has 1 aromatic rings. The number of rotatable bonds is 7. The summed E-state index contributed by atoms with van der Waals surface area (Å²) in [5.41, 5.74) is 0.975. The van der Waals surface area contributed by atoms with Crippen molar-refractivity contribution in [1.29, 1.82) is 0 Å². The molecule has 0 saturated heterocycles. The van der Waals surface area contributed by atoms with Gasteiger partial charge in [0, 0.05) is 29.2 Å². The first-order valence-corrected chi connectivity index (χ1v) is 8.19. The third kappa shape index (κ3) is 4.87. The molecule has 0 aliphatic heterocycles. The second-order valence-electron chi connectivity index (χ2n) is 5.03. The Balaban J connectivity index is 2.84. The van der Waals surface area contributed by atoms with Crippen LogP contribution in [0.2, 0.25) is 10.0 Å². The van der Waals surface area contributed by atoms with Gasteiger partial charge >= 0.3 is 0 Å². The summed E-state index contributed by atoms with van der Waals surface area (Å²) in [6, 6.07) is 5.26. The highest BCUT2D eigenvalue weighted by Gasteiger charge is 2.22. The zero-order valence-corrected chi connectivity index (χ0v) is 14.6. The van der Waals surface area contributed by atoms with E-state index in [4.69, 9.17) is 23.2 Å². The molecule has 0 bridgehead atoms. The fraction of sp³-hybridized carbons (Fsp3) is 0.562. The number of hydrogen-bond donors (Lipinski definition) is 1. The Labute approximate surface area is 137 Å². The molecule has 1 rings (SSSR count). The number of amides is 1. The van der Waals surface area contributed by atoms with E-state index in [-0.39, 0.29) is 18.0 Å². The van der Waals surface area contributed by atoms with Gasteiger partial charge in [0.25, 0.3) is 0 Å².